The molecule has 0 bridgehead atoms. The second-order valence-corrected chi connectivity index (χ2v) is 11.7. The third-order valence-electron chi connectivity index (χ3n) is 6.81. The number of hydrogen-bond acceptors (Lipinski definition) is 6. The molecule has 0 atom stereocenters. The number of nitrogens with one attached hydrogen (secondary N) is 1. The first-order chi connectivity index (χ1) is 16.9. The Morgan fingerprint density at radius 2 is 1.67 bits per heavy atom. The Kier molecular flexibility index (Phi) is 6.95. The largest absolute Gasteiger partial charge is 0.493 e. The topological polar surface area (TPSA) is 74.6 Å². The third kappa shape index (κ3) is 5.30. The van der Waals surface area contributed by atoms with Gasteiger partial charge in [0.1, 0.15) is 16.8 Å². The molecule has 1 aliphatic carbocycles. The summed E-state index contributed by atoms with van der Waals surface area (Å²) in [5, 5.41) is 3.53. The molecule has 1 heterocycles. The van der Waals surface area contributed by atoms with Gasteiger partial charge in [-0.2, -0.15) is 0 Å². The van der Waals surface area contributed by atoms with Crippen LogP contribution in [0.1, 0.15) is 77.2 Å². The van der Waals surface area contributed by atoms with E-state index in [9.17, 15) is 4.79 Å². The number of aromatic nitrogens is 2. The van der Waals surface area contributed by atoms with Crippen LogP contribution in [0.2, 0.25) is 0 Å². The summed E-state index contributed by atoms with van der Waals surface area (Å²) in [7, 11) is 2.93. The van der Waals surface area contributed by atoms with Gasteiger partial charge in [-0.15, -0.1) is 0 Å². The molecule has 0 aliphatic heterocycles. The summed E-state index contributed by atoms with van der Waals surface area (Å²) in [5.74, 6) is 1.53. The van der Waals surface area contributed by atoms with E-state index in [2.05, 4.69) is 37.6 Å². The van der Waals surface area contributed by atoms with Gasteiger partial charge in [0, 0.05) is 11.7 Å². The second-order valence-electron chi connectivity index (χ2n) is 11.7. The van der Waals surface area contributed by atoms with Gasteiger partial charge in [0.2, 0.25) is 5.95 Å². The van der Waals surface area contributed by atoms with Crippen molar-refractivity contribution in [3.05, 3.63) is 42.0 Å². The SMILES string of the molecule is COC(=O)c1ccc2c(nc(Nc3ccc(OC(C)C)cc3)n2C2CC(C)(C)CC(C)(C)C2)c1OC. The first-order valence-corrected chi connectivity index (χ1v) is 12.6. The van der Waals surface area contributed by atoms with Gasteiger partial charge in [-0.05, 0) is 80.3 Å². The third-order valence-corrected chi connectivity index (χ3v) is 6.81. The zero-order valence-electron chi connectivity index (χ0n) is 22.8. The van der Waals surface area contributed by atoms with E-state index >= 15 is 0 Å². The number of fused-ring (bicyclic) bond motifs is 1. The maximum absolute atomic E-state index is 12.4. The van der Waals surface area contributed by atoms with Crippen molar-refractivity contribution in [3.63, 3.8) is 0 Å². The molecule has 2 aromatic carbocycles. The number of carbonyl (C=O) groups excluding carboxylic acids is 1. The maximum atomic E-state index is 12.4. The Bertz CT molecular complexity index is 1230. The second kappa shape index (κ2) is 9.68. The average molecular weight is 494 g/mol. The van der Waals surface area contributed by atoms with Crippen molar-refractivity contribution in [3.8, 4) is 11.5 Å². The molecule has 1 saturated carbocycles. The van der Waals surface area contributed by atoms with Gasteiger partial charge in [0.15, 0.2) is 5.75 Å². The van der Waals surface area contributed by atoms with Gasteiger partial charge in [0.25, 0.3) is 0 Å². The molecule has 0 saturated heterocycles. The van der Waals surface area contributed by atoms with Gasteiger partial charge < -0.3 is 24.1 Å². The Morgan fingerprint density at radius 1 is 1.03 bits per heavy atom. The molecule has 7 nitrogen and oxygen atoms in total. The molecule has 7 heteroatoms. The molecule has 0 spiro atoms. The van der Waals surface area contributed by atoms with Crippen molar-refractivity contribution in [2.45, 2.75) is 73.0 Å². The first-order valence-electron chi connectivity index (χ1n) is 12.6. The number of imidazole rings is 1. The van der Waals surface area contributed by atoms with Crippen molar-refractivity contribution in [2.24, 2.45) is 10.8 Å². The fraction of sp³-hybridized carbons (Fsp3) is 0.517. The van der Waals surface area contributed by atoms with Crippen molar-refractivity contribution in [2.75, 3.05) is 19.5 Å². The number of esters is 1. The van der Waals surface area contributed by atoms with E-state index in [4.69, 9.17) is 19.2 Å². The Balaban J connectivity index is 1.85. The van der Waals surface area contributed by atoms with Crippen LogP contribution in [0.4, 0.5) is 11.6 Å². The minimum atomic E-state index is -0.446. The average Bonchev–Trinajstić information content (AvgIpc) is 3.14. The van der Waals surface area contributed by atoms with Gasteiger partial charge >= 0.3 is 5.97 Å². The van der Waals surface area contributed by atoms with Crippen molar-refractivity contribution >= 4 is 28.6 Å². The van der Waals surface area contributed by atoms with E-state index in [0.717, 1.165) is 35.7 Å². The number of hydrogen-bond donors (Lipinski definition) is 1. The van der Waals surface area contributed by atoms with Crippen LogP contribution in [-0.4, -0.2) is 35.8 Å². The first kappa shape index (κ1) is 25.9. The summed E-state index contributed by atoms with van der Waals surface area (Å²) in [5.41, 5.74) is 3.22. The van der Waals surface area contributed by atoms with Gasteiger partial charge in [-0.3, -0.25) is 0 Å². The van der Waals surface area contributed by atoms with E-state index in [1.807, 2.05) is 44.2 Å². The monoisotopic (exact) mass is 493 g/mol. The molecule has 0 radical (unpaired) electrons. The number of anilines is 2. The molecule has 1 aromatic heterocycles. The summed E-state index contributed by atoms with van der Waals surface area (Å²) in [6, 6.07) is 11.9. The minimum Gasteiger partial charge on any atom is -0.493 e. The number of carbonyl (C=O) groups is 1. The molecule has 194 valence electrons. The Morgan fingerprint density at radius 3 is 2.22 bits per heavy atom. The molecule has 36 heavy (non-hydrogen) atoms. The normalized spacial score (nSPS) is 17.2. The maximum Gasteiger partial charge on any atom is 0.341 e. The quantitative estimate of drug-likeness (QED) is 0.353. The number of nitrogens with zero attached hydrogens (tertiary/aromatic N) is 2. The predicted octanol–water partition coefficient (Wildman–Crippen LogP) is 7.14. The Hall–Kier alpha value is -3.22. The van der Waals surface area contributed by atoms with Crippen LogP contribution >= 0.6 is 0 Å². The van der Waals surface area contributed by atoms with Crippen LogP contribution in [0.3, 0.4) is 0 Å². The zero-order valence-corrected chi connectivity index (χ0v) is 22.8. The van der Waals surface area contributed by atoms with E-state index < -0.39 is 5.97 Å². The molecule has 0 amide bonds. The molecule has 1 aliphatic rings. The van der Waals surface area contributed by atoms with Crippen molar-refractivity contribution in [1.82, 2.24) is 9.55 Å². The summed E-state index contributed by atoms with van der Waals surface area (Å²) in [4.78, 5) is 17.4. The molecular weight excluding hydrogens is 454 g/mol. The lowest BCUT2D eigenvalue weighted by molar-refractivity contribution is 0.0597. The minimum absolute atomic E-state index is 0.113. The number of methoxy groups -OCH3 is 2. The van der Waals surface area contributed by atoms with Crippen LogP contribution in [0.25, 0.3) is 11.0 Å². The zero-order chi connectivity index (χ0) is 26.3. The fourth-order valence-corrected chi connectivity index (χ4v) is 6.06. The van der Waals surface area contributed by atoms with Crippen molar-refractivity contribution in [1.29, 1.82) is 0 Å². The Labute approximate surface area is 214 Å². The number of benzene rings is 2. The van der Waals surface area contributed by atoms with E-state index in [-0.39, 0.29) is 23.0 Å². The van der Waals surface area contributed by atoms with Crippen LogP contribution in [0, 0.1) is 10.8 Å². The lowest BCUT2D eigenvalue weighted by Crippen LogP contribution is -2.35. The smallest absolute Gasteiger partial charge is 0.341 e. The molecule has 3 aromatic rings. The van der Waals surface area contributed by atoms with Crippen LogP contribution in [-0.2, 0) is 4.74 Å². The van der Waals surface area contributed by atoms with E-state index in [1.165, 1.54) is 13.5 Å². The highest BCUT2D eigenvalue weighted by Crippen LogP contribution is 2.52. The van der Waals surface area contributed by atoms with Crippen molar-refractivity contribution < 1.29 is 19.0 Å². The van der Waals surface area contributed by atoms with Gasteiger partial charge in [0.05, 0.1) is 25.8 Å². The lowest BCUT2D eigenvalue weighted by Gasteiger charge is -2.45. The molecule has 0 unspecified atom stereocenters. The predicted molar refractivity (Wildman–Crippen MR) is 144 cm³/mol. The standard InChI is InChI=1S/C29H39N3O4/c1-18(2)36-21-11-9-19(10-12-21)30-27-31-24-23(14-13-22(25(24)34-7)26(33)35-8)32(27)20-15-28(3,4)17-29(5,6)16-20/h9-14,18,20H,15-17H2,1-8H3,(H,30,31). The fourth-order valence-electron chi connectivity index (χ4n) is 6.06. The summed E-state index contributed by atoms with van der Waals surface area (Å²) in [6.07, 6.45) is 3.33. The van der Waals surface area contributed by atoms with Crippen LogP contribution < -0.4 is 14.8 Å². The lowest BCUT2D eigenvalue weighted by atomic mass is 9.63. The summed E-state index contributed by atoms with van der Waals surface area (Å²) < 4.78 is 18.8. The highest BCUT2D eigenvalue weighted by molar-refractivity contribution is 6.00. The molecular formula is C29H39N3O4. The van der Waals surface area contributed by atoms with Gasteiger partial charge in [-0.25, -0.2) is 9.78 Å². The van der Waals surface area contributed by atoms with Crippen LogP contribution in [0.15, 0.2) is 36.4 Å². The molecule has 4 rings (SSSR count). The highest BCUT2D eigenvalue weighted by Gasteiger charge is 2.40. The number of rotatable bonds is 7. The van der Waals surface area contributed by atoms with Gasteiger partial charge in [-0.1, -0.05) is 27.7 Å². The summed E-state index contributed by atoms with van der Waals surface area (Å²) >= 11 is 0. The van der Waals surface area contributed by atoms with E-state index in [0.29, 0.717) is 16.8 Å². The molecule has 1 N–H and O–H groups in total. The summed E-state index contributed by atoms with van der Waals surface area (Å²) in [6.45, 7) is 13.4. The van der Waals surface area contributed by atoms with Crippen LogP contribution in [0.5, 0.6) is 11.5 Å². The van der Waals surface area contributed by atoms with E-state index in [1.54, 1.807) is 13.2 Å². The number of ether oxygens (including phenoxy) is 3. The molecule has 1 fully saturated rings. The highest BCUT2D eigenvalue weighted by atomic mass is 16.5.